The van der Waals surface area contributed by atoms with Gasteiger partial charge in [-0.05, 0) is 6.42 Å². The van der Waals surface area contributed by atoms with Crippen molar-refractivity contribution in [1.29, 1.82) is 0 Å². The van der Waals surface area contributed by atoms with Crippen LogP contribution in [-0.2, 0) is 27.2 Å². The minimum absolute atomic E-state index is 0. The van der Waals surface area contributed by atoms with Gasteiger partial charge in [0.1, 0.15) is 0 Å². The number of rotatable bonds is 16. The molecule has 0 rings (SSSR count). The zero-order valence-electron chi connectivity index (χ0n) is 14.1. The van der Waals surface area contributed by atoms with Crippen LogP contribution in [0.15, 0.2) is 0 Å². The Morgan fingerprint density at radius 3 is 1.19 bits per heavy atom. The molecule has 0 aliphatic carbocycles. The van der Waals surface area contributed by atoms with Gasteiger partial charge >= 0.3 is 5.97 Å². The molecular weight excluding hydrogens is 341 g/mol. The maximum Gasteiger partial charge on any atom is 0.303 e. The topological polar surface area (TPSA) is 37.3 Å². The summed E-state index contributed by atoms with van der Waals surface area (Å²) < 4.78 is 0. The summed E-state index contributed by atoms with van der Waals surface area (Å²) in [4.78, 5) is 10.3. The standard InChI is InChI=1S/C18H36O2.Nb/c1-2-3-4-5-6-7-8-9-10-11-12-13-14-15-16-17-18(19)20;/h2-17H2,1H3,(H,19,20);. The Kier molecular flexibility index (Phi) is 22.6. The average molecular weight is 377 g/mol. The summed E-state index contributed by atoms with van der Waals surface area (Å²) in [5, 5.41) is 8.52. The number of hydrogen-bond donors (Lipinski definition) is 1. The molecule has 0 aliphatic rings. The van der Waals surface area contributed by atoms with Gasteiger partial charge in [0, 0.05) is 28.8 Å². The molecule has 1 radical (unpaired) electrons. The second kappa shape index (κ2) is 20.2. The predicted octanol–water partition coefficient (Wildman–Crippen LogP) is 6.33. The molecule has 0 aliphatic heterocycles. The van der Waals surface area contributed by atoms with Crippen LogP contribution in [0.5, 0.6) is 0 Å². The number of carboxylic acid groups (broad SMARTS) is 1. The van der Waals surface area contributed by atoms with Gasteiger partial charge < -0.3 is 5.11 Å². The van der Waals surface area contributed by atoms with E-state index in [1.165, 1.54) is 83.5 Å². The second-order valence-electron chi connectivity index (χ2n) is 6.09. The molecule has 0 spiro atoms. The van der Waals surface area contributed by atoms with E-state index in [4.69, 9.17) is 5.11 Å². The van der Waals surface area contributed by atoms with Crippen molar-refractivity contribution in [2.45, 2.75) is 110 Å². The fourth-order valence-corrected chi connectivity index (χ4v) is 2.65. The van der Waals surface area contributed by atoms with Crippen molar-refractivity contribution >= 4 is 5.97 Å². The summed E-state index contributed by atoms with van der Waals surface area (Å²) in [5.41, 5.74) is 0. The minimum atomic E-state index is -0.653. The normalized spacial score (nSPS) is 10.3. The van der Waals surface area contributed by atoms with E-state index < -0.39 is 5.97 Å². The van der Waals surface area contributed by atoms with Crippen LogP contribution in [0.2, 0.25) is 0 Å². The van der Waals surface area contributed by atoms with Gasteiger partial charge in [0.15, 0.2) is 0 Å². The summed E-state index contributed by atoms with van der Waals surface area (Å²) in [7, 11) is 0. The molecule has 3 heteroatoms. The molecule has 0 heterocycles. The van der Waals surface area contributed by atoms with E-state index in [0.29, 0.717) is 6.42 Å². The molecule has 0 saturated carbocycles. The zero-order chi connectivity index (χ0) is 14.9. The van der Waals surface area contributed by atoms with Crippen LogP contribution in [0.4, 0.5) is 0 Å². The maximum atomic E-state index is 10.3. The summed E-state index contributed by atoms with van der Waals surface area (Å²) in [5.74, 6) is -0.653. The first-order chi connectivity index (χ1) is 9.77. The molecule has 0 bridgehead atoms. The minimum Gasteiger partial charge on any atom is -0.481 e. The first kappa shape index (κ1) is 23.5. The maximum absolute atomic E-state index is 10.3. The number of carboxylic acids is 1. The fourth-order valence-electron chi connectivity index (χ4n) is 2.65. The van der Waals surface area contributed by atoms with Gasteiger partial charge in [-0.25, -0.2) is 0 Å². The van der Waals surface area contributed by atoms with Gasteiger partial charge in [-0.2, -0.15) is 0 Å². The third kappa shape index (κ3) is 22.6. The van der Waals surface area contributed by atoms with Gasteiger partial charge in [-0.15, -0.1) is 0 Å². The van der Waals surface area contributed by atoms with E-state index >= 15 is 0 Å². The second-order valence-corrected chi connectivity index (χ2v) is 6.09. The molecule has 125 valence electrons. The number of hydrogen-bond acceptors (Lipinski definition) is 1. The number of aliphatic carboxylic acids is 1. The van der Waals surface area contributed by atoms with Crippen LogP contribution in [-0.4, -0.2) is 11.1 Å². The van der Waals surface area contributed by atoms with Gasteiger partial charge in [-0.3, -0.25) is 4.79 Å². The number of unbranched alkanes of at least 4 members (excludes halogenated alkanes) is 14. The molecule has 0 saturated heterocycles. The monoisotopic (exact) mass is 377 g/mol. The summed E-state index contributed by atoms with van der Waals surface area (Å²) in [6.07, 6.45) is 20.2. The van der Waals surface area contributed by atoms with Gasteiger partial charge in [0.25, 0.3) is 0 Å². The van der Waals surface area contributed by atoms with E-state index in [-0.39, 0.29) is 22.4 Å². The van der Waals surface area contributed by atoms with E-state index in [2.05, 4.69) is 6.92 Å². The van der Waals surface area contributed by atoms with E-state index in [9.17, 15) is 4.79 Å². The van der Waals surface area contributed by atoms with Crippen LogP contribution < -0.4 is 0 Å². The van der Waals surface area contributed by atoms with Crippen molar-refractivity contribution in [2.75, 3.05) is 0 Å². The van der Waals surface area contributed by atoms with E-state index in [1.807, 2.05) is 0 Å². The Balaban J connectivity index is 0. The Hall–Kier alpha value is 0.210. The third-order valence-electron chi connectivity index (χ3n) is 3.99. The summed E-state index contributed by atoms with van der Waals surface area (Å²) >= 11 is 0. The van der Waals surface area contributed by atoms with Crippen molar-refractivity contribution in [2.24, 2.45) is 0 Å². The van der Waals surface area contributed by atoms with Crippen molar-refractivity contribution in [3.05, 3.63) is 0 Å². The number of carbonyl (C=O) groups is 1. The summed E-state index contributed by atoms with van der Waals surface area (Å²) in [6, 6.07) is 0. The molecule has 0 atom stereocenters. The van der Waals surface area contributed by atoms with Gasteiger partial charge in [0.2, 0.25) is 0 Å². The molecule has 21 heavy (non-hydrogen) atoms. The Morgan fingerprint density at radius 1 is 0.619 bits per heavy atom. The molecule has 0 fully saturated rings. The quantitative estimate of drug-likeness (QED) is 0.252. The van der Waals surface area contributed by atoms with Crippen LogP contribution >= 0.6 is 0 Å². The molecule has 0 aromatic carbocycles. The molecule has 0 aromatic rings. The molecule has 0 unspecified atom stereocenters. The SMILES string of the molecule is CCCCCCCCCCCCCCCCCC(=O)O.[Nb]. The van der Waals surface area contributed by atoms with Crippen molar-refractivity contribution in [3.8, 4) is 0 Å². The molecule has 2 nitrogen and oxygen atoms in total. The van der Waals surface area contributed by atoms with Crippen LogP contribution in [0.3, 0.4) is 0 Å². The Morgan fingerprint density at radius 2 is 0.905 bits per heavy atom. The molecule has 0 aromatic heterocycles. The smallest absolute Gasteiger partial charge is 0.303 e. The van der Waals surface area contributed by atoms with E-state index in [1.54, 1.807) is 0 Å². The van der Waals surface area contributed by atoms with Gasteiger partial charge in [0.05, 0.1) is 0 Å². The predicted molar refractivity (Wildman–Crippen MR) is 87.2 cm³/mol. The molecule has 1 N–H and O–H groups in total. The first-order valence-corrected chi connectivity index (χ1v) is 8.99. The molecular formula is C18H36NbO2. The molecule has 0 amide bonds. The summed E-state index contributed by atoms with van der Waals surface area (Å²) in [6.45, 7) is 2.27. The van der Waals surface area contributed by atoms with Crippen molar-refractivity contribution in [1.82, 2.24) is 0 Å². The van der Waals surface area contributed by atoms with Gasteiger partial charge in [-0.1, -0.05) is 96.8 Å². The third-order valence-corrected chi connectivity index (χ3v) is 3.99. The first-order valence-electron chi connectivity index (χ1n) is 8.99. The van der Waals surface area contributed by atoms with Crippen LogP contribution in [0.1, 0.15) is 110 Å². The van der Waals surface area contributed by atoms with Crippen LogP contribution in [0.25, 0.3) is 0 Å². The van der Waals surface area contributed by atoms with Crippen molar-refractivity contribution in [3.63, 3.8) is 0 Å². The average Bonchev–Trinajstić information content (AvgIpc) is 2.43. The zero-order valence-corrected chi connectivity index (χ0v) is 16.3. The van der Waals surface area contributed by atoms with Crippen molar-refractivity contribution < 1.29 is 32.3 Å². The Labute approximate surface area is 148 Å². The largest absolute Gasteiger partial charge is 0.481 e. The van der Waals surface area contributed by atoms with E-state index in [0.717, 1.165) is 12.8 Å². The fraction of sp³-hybridized carbons (Fsp3) is 0.944. The Bertz CT molecular complexity index is 207. The van der Waals surface area contributed by atoms with Crippen LogP contribution in [0, 0.1) is 0 Å².